The van der Waals surface area contributed by atoms with Crippen LogP contribution in [0.5, 0.6) is 0 Å². The van der Waals surface area contributed by atoms with Crippen molar-refractivity contribution in [1.82, 2.24) is 0 Å². The third-order valence-electron chi connectivity index (χ3n) is 2.82. The summed E-state index contributed by atoms with van der Waals surface area (Å²) >= 11 is 1.42. The molecular formula is C15H13AsI3NO7. The summed E-state index contributed by atoms with van der Waals surface area (Å²) in [6.07, 6.45) is 0. The minimum atomic E-state index is -4.83. The molecule has 8 nitrogen and oxygen atoms in total. The Morgan fingerprint density at radius 1 is 1.11 bits per heavy atom. The molecule has 1 amide bonds. The summed E-state index contributed by atoms with van der Waals surface area (Å²) in [5.74, 6) is -1.16. The van der Waals surface area contributed by atoms with Gasteiger partial charge in [-0.15, -0.1) is 0 Å². The Hall–Kier alpha value is -0.192. The van der Waals surface area contributed by atoms with E-state index in [4.69, 9.17) is 10.4 Å². The van der Waals surface area contributed by atoms with Crippen LogP contribution < -0.4 is 9.67 Å². The van der Waals surface area contributed by atoms with E-state index in [9.17, 15) is 17.4 Å². The number of amides is 1. The van der Waals surface area contributed by atoms with Gasteiger partial charge in [-0.2, -0.15) is 0 Å². The number of benzene rings is 2. The summed E-state index contributed by atoms with van der Waals surface area (Å²) in [7, 11) is 0. The Bertz CT molecular complexity index is 884. The molecular weight excluding hydrogens is 762 g/mol. The van der Waals surface area contributed by atoms with Crippen LogP contribution in [0.3, 0.4) is 0 Å². The first-order valence-electron chi connectivity index (χ1n) is 6.90. The number of rotatable bonds is 4. The molecule has 0 heterocycles. The second-order valence-electron chi connectivity index (χ2n) is 4.88. The smallest absolute Gasteiger partial charge is 0.337 e. The standard InChI is InChI=1S/C8H10AsNO5.C7H3I3O2/c1-6(11)10-8-4-2-3-7(5-8)9(12,13)15-14;8-3-1-4(9)6(7(11)12)5(10)2-3/h2-5,14H,1H3,(H,10,11)(H,12,13);1-2H,(H,11,12). The molecule has 0 aliphatic carbocycles. The molecule has 27 heavy (non-hydrogen) atoms. The van der Waals surface area contributed by atoms with Gasteiger partial charge >= 0.3 is 94.4 Å². The van der Waals surface area contributed by atoms with Crippen molar-refractivity contribution < 1.29 is 31.7 Å². The van der Waals surface area contributed by atoms with Gasteiger partial charge in [0.05, 0.1) is 5.56 Å². The van der Waals surface area contributed by atoms with Gasteiger partial charge in [0.1, 0.15) is 0 Å². The van der Waals surface area contributed by atoms with Crippen LogP contribution in [0.25, 0.3) is 0 Å². The molecule has 146 valence electrons. The summed E-state index contributed by atoms with van der Waals surface area (Å²) in [5, 5.41) is 19.5. The zero-order chi connectivity index (χ0) is 20.8. The Kier molecular flexibility index (Phi) is 10.2. The van der Waals surface area contributed by atoms with Crippen molar-refractivity contribution in [2.24, 2.45) is 0 Å². The molecule has 2 aromatic carbocycles. The summed E-state index contributed by atoms with van der Waals surface area (Å²) < 4.78 is 26.6. The van der Waals surface area contributed by atoms with Crippen molar-refractivity contribution in [2.45, 2.75) is 6.92 Å². The van der Waals surface area contributed by atoms with Gasteiger partial charge < -0.3 is 5.11 Å². The van der Waals surface area contributed by atoms with Gasteiger partial charge in [-0.3, -0.25) is 0 Å². The maximum absolute atomic E-state index is 11.3. The molecule has 4 N–H and O–H groups in total. The summed E-state index contributed by atoms with van der Waals surface area (Å²) in [6, 6.07) is 9.35. The van der Waals surface area contributed by atoms with E-state index >= 15 is 0 Å². The first-order valence-corrected chi connectivity index (χ1v) is 13.4. The maximum atomic E-state index is 11.3. The van der Waals surface area contributed by atoms with E-state index < -0.39 is 20.1 Å². The molecule has 12 heteroatoms. The average molecular weight is 775 g/mol. The summed E-state index contributed by atoms with van der Waals surface area (Å²) in [5.41, 5.74) is 0.768. The van der Waals surface area contributed by atoms with Crippen LogP contribution in [0, 0.1) is 10.7 Å². The first-order chi connectivity index (χ1) is 12.5. The molecule has 0 bridgehead atoms. The normalized spacial score (nSPS) is 12.4. The van der Waals surface area contributed by atoms with Crippen molar-refractivity contribution in [1.29, 1.82) is 0 Å². The third-order valence-corrected chi connectivity index (χ3v) is 7.57. The van der Waals surface area contributed by atoms with Gasteiger partial charge in [-0.1, -0.05) is 0 Å². The molecule has 0 fully saturated rings. The Morgan fingerprint density at radius 3 is 2.11 bits per heavy atom. The van der Waals surface area contributed by atoms with Gasteiger partial charge in [0.25, 0.3) is 0 Å². The molecule has 0 aromatic heterocycles. The fourth-order valence-electron chi connectivity index (χ4n) is 1.76. The Labute approximate surface area is 198 Å². The molecule has 1 unspecified atom stereocenters. The number of carboxylic acid groups (broad SMARTS) is 1. The number of hydrogen-bond acceptors (Lipinski definition) is 5. The number of hydrogen-bond donors (Lipinski definition) is 4. The van der Waals surface area contributed by atoms with E-state index in [1.165, 1.54) is 25.1 Å². The van der Waals surface area contributed by atoms with Gasteiger partial charge in [0.2, 0.25) is 0 Å². The van der Waals surface area contributed by atoms with Crippen LogP contribution in [0.1, 0.15) is 17.3 Å². The van der Waals surface area contributed by atoms with Crippen molar-refractivity contribution in [3.63, 3.8) is 0 Å². The number of nitrogens with one attached hydrogen (secondary N) is 1. The van der Waals surface area contributed by atoms with Crippen molar-refractivity contribution in [2.75, 3.05) is 5.32 Å². The van der Waals surface area contributed by atoms with Crippen LogP contribution in [0.2, 0.25) is 0 Å². The number of carbonyl (C=O) groups excluding carboxylic acids is 1. The number of halogens is 3. The summed E-state index contributed by atoms with van der Waals surface area (Å²) in [6.45, 7) is 1.32. The van der Waals surface area contributed by atoms with Crippen LogP contribution >= 0.6 is 67.8 Å². The number of anilines is 1. The molecule has 0 aliphatic rings. The van der Waals surface area contributed by atoms with E-state index in [0.29, 0.717) is 11.3 Å². The molecule has 2 aromatic rings. The molecule has 2 rings (SSSR count). The van der Waals surface area contributed by atoms with E-state index in [-0.39, 0.29) is 10.3 Å². The molecule has 0 radical (unpaired) electrons. The van der Waals surface area contributed by atoms with E-state index in [2.05, 4.69) is 31.8 Å². The van der Waals surface area contributed by atoms with Crippen LogP contribution in [0.4, 0.5) is 5.69 Å². The van der Waals surface area contributed by atoms with Crippen LogP contribution in [-0.2, 0) is 12.4 Å². The molecule has 0 aliphatic heterocycles. The van der Waals surface area contributed by atoms with E-state index in [1.807, 2.05) is 57.3 Å². The first kappa shape index (κ1) is 24.8. The van der Waals surface area contributed by atoms with E-state index in [0.717, 1.165) is 10.7 Å². The quantitative estimate of drug-likeness (QED) is 0.163. The fourth-order valence-corrected chi connectivity index (χ4v) is 7.21. The minimum absolute atomic E-state index is 0.0399. The topological polar surface area (TPSA) is 133 Å². The third kappa shape index (κ3) is 7.98. The zero-order valence-corrected chi connectivity index (χ0v) is 21.9. The maximum Gasteiger partial charge on any atom is 0.337 e. The summed E-state index contributed by atoms with van der Waals surface area (Å²) in [4.78, 5) is 21.5. The zero-order valence-electron chi connectivity index (χ0n) is 13.5. The number of carboxylic acids is 1. The van der Waals surface area contributed by atoms with Gasteiger partial charge in [0, 0.05) is 10.7 Å². The van der Waals surface area contributed by atoms with Crippen LogP contribution in [-0.4, -0.2) is 40.5 Å². The molecule has 0 saturated heterocycles. The van der Waals surface area contributed by atoms with Gasteiger partial charge in [-0.05, 0) is 79.9 Å². The fraction of sp³-hybridized carbons (Fsp3) is 0.0667. The van der Waals surface area contributed by atoms with Crippen LogP contribution in [0.15, 0.2) is 36.4 Å². The average Bonchev–Trinajstić information content (AvgIpc) is 2.53. The monoisotopic (exact) mass is 775 g/mol. The Balaban J connectivity index is 0.000000277. The van der Waals surface area contributed by atoms with Crippen molar-refractivity contribution in [3.05, 3.63) is 52.7 Å². The van der Waals surface area contributed by atoms with Gasteiger partial charge in [0.15, 0.2) is 0 Å². The predicted octanol–water partition coefficient (Wildman–Crippen LogP) is 2.90. The second-order valence-corrected chi connectivity index (χ2v) is 12.1. The molecule has 0 spiro atoms. The Morgan fingerprint density at radius 2 is 1.67 bits per heavy atom. The van der Waals surface area contributed by atoms with Crippen molar-refractivity contribution >= 4 is 104 Å². The second kappa shape index (κ2) is 11.1. The van der Waals surface area contributed by atoms with Crippen molar-refractivity contribution in [3.8, 4) is 0 Å². The van der Waals surface area contributed by atoms with E-state index in [1.54, 1.807) is 6.07 Å². The SMILES string of the molecule is CC(=O)Nc1cccc([As](=O)(O)OO)c1.O=C(O)c1c(I)cc(I)cc1I. The largest absolute Gasteiger partial charge is 0.478 e. The molecule has 0 saturated carbocycles. The number of carbonyl (C=O) groups is 2. The number of aromatic carboxylic acids is 1. The predicted molar refractivity (Wildman–Crippen MR) is 124 cm³/mol. The van der Waals surface area contributed by atoms with Gasteiger partial charge in [-0.25, -0.2) is 4.79 Å². The minimum Gasteiger partial charge on any atom is -0.478 e. The molecule has 1 atom stereocenters.